The number of carbonyl (C=O) groups excluding carboxylic acids is 1. The number of aromatic carboxylic acids is 1. The lowest BCUT2D eigenvalue weighted by atomic mass is 10.1. The van der Waals surface area contributed by atoms with Crippen LogP contribution in [0.4, 0.5) is 18.9 Å². The van der Waals surface area contributed by atoms with E-state index in [0.29, 0.717) is 17.8 Å². The van der Waals surface area contributed by atoms with Crippen LogP contribution in [0.15, 0.2) is 53.8 Å². The van der Waals surface area contributed by atoms with Crippen molar-refractivity contribution in [1.82, 2.24) is 15.3 Å². The molecule has 3 heterocycles. The molecule has 2 aromatic heterocycles. The summed E-state index contributed by atoms with van der Waals surface area (Å²) in [6, 6.07) is 12.1. The molecule has 1 amide bonds. The van der Waals surface area contributed by atoms with Gasteiger partial charge in [-0.15, -0.1) is 0 Å². The van der Waals surface area contributed by atoms with E-state index in [2.05, 4.69) is 20.4 Å². The fourth-order valence-electron chi connectivity index (χ4n) is 3.17. The molecule has 1 aliphatic rings. The van der Waals surface area contributed by atoms with Crippen LogP contribution >= 0.6 is 0 Å². The summed E-state index contributed by atoms with van der Waals surface area (Å²) in [6.45, 7) is 0.639. The molecule has 4 N–H and O–H groups in total. The number of aliphatic carboxylic acids is 1. The van der Waals surface area contributed by atoms with Gasteiger partial charge in [0.2, 0.25) is 0 Å². The summed E-state index contributed by atoms with van der Waals surface area (Å²) in [5.74, 6) is -3.78. The number of rotatable bonds is 5. The number of hydrogen-bond donors (Lipinski definition) is 4. The van der Waals surface area contributed by atoms with Gasteiger partial charge in [0.15, 0.2) is 0 Å². The summed E-state index contributed by atoms with van der Waals surface area (Å²) in [5.41, 5.74) is 5.05. The zero-order valence-electron chi connectivity index (χ0n) is 18.7. The maximum absolute atomic E-state index is 12.0. The number of H-pyrrole nitrogens is 1. The van der Waals surface area contributed by atoms with Crippen LogP contribution in [0, 0.1) is 0 Å². The third-order valence-electron chi connectivity index (χ3n) is 4.99. The molecule has 0 radical (unpaired) electrons. The highest BCUT2D eigenvalue weighted by Crippen LogP contribution is 2.24. The van der Waals surface area contributed by atoms with E-state index in [1.807, 2.05) is 18.2 Å². The number of hydrazone groups is 1. The topological polar surface area (TPSA) is 148 Å². The predicted molar refractivity (Wildman–Crippen MR) is 123 cm³/mol. The number of pyridine rings is 1. The molecule has 0 bridgehead atoms. The Kier molecular flexibility index (Phi) is 7.72. The number of carboxylic acids is 2. The number of alkyl halides is 3. The molecule has 188 valence electrons. The van der Waals surface area contributed by atoms with Crippen molar-refractivity contribution in [3.8, 4) is 11.3 Å². The lowest BCUT2D eigenvalue weighted by molar-refractivity contribution is -0.192. The van der Waals surface area contributed by atoms with Crippen LogP contribution in [0.25, 0.3) is 11.3 Å². The molecule has 0 spiro atoms. The Balaban J connectivity index is 0.000000454. The van der Waals surface area contributed by atoms with Gasteiger partial charge in [-0.2, -0.15) is 18.3 Å². The second kappa shape index (κ2) is 10.7. The van der Waals surface area contributed by atoms with Crippen molar-refractivity contribution in [2.75, 3.05) is 18.6 Å². The van der Waals surface area contributed by atoms with Gasteiger partial charge in [-0.25, -0.2) is 9.59 Å². The highest BCUT2D eigenvalue weighted by Gasteiger charge is 2.38. The van der Waals surface area contributed by atoms with E-state index in [0.717, 1.165) is 29.1 Å². The number of amides is 1. The average molecular weight is 503 g/mol. The van der Waals surface area contributed by atoms with Gasteiger partial charge >= 0.3 is 18.1 Å². The van der Waals surface area contributed by atoms with E-state index in [-0.39, 0.29) is 11.5 Å². The quantitative estimate of drug-likeness (QED) is 0.309. The van der Waals surface area contributed by atoms with Crippen molar-refractivity contribution in [2.45, 2.75) is 12.6 Å². The van der Waals surface area contributed by atoms with Crippen LogP contribution in [-0.4, -0.2) is 64.0 Å². The number of fused-ring (bicyclic) bond motifs is 1. The normalized spacial score (nSPS) is 12.8. The van der Waals surface area contributed by atoms with Gasteiger partial charge in [0.05, 0.1) is 28.7 Å². The minimum Gasteiger partial charge on any atom is -0.478 e. The number of carbonyl (C=O) groups is 3. The fraction of sp³-hybridized carbons (Fsp3) is 0.174. The van der Waals surface area contributed by atoms with Crippen molar-refractivity contribution in [3.05, 3.63) is 71.2 Å². The van der Waals surface area contributed by atoms with E-state index in [1.165, 1.54) is 12.1 Å². The van der Waals surface area contributed by atoms with Gasteiger partial charge in [-0.05, 0) is 42.5 Å². The van der Waals surface area contributed by atoms with Crippen LogP contribution in [0.5, 0.6) is 0 Å². The second-order valence-electron chi connectivity index (χ2n) is 7.47. The van der Waals surface area contributed by atoms with Gasteiger partial charge in [0.25, 0.3) is 5.91 Å². The van der Waals surface area contributed by atoms with Crippen molar-refractivity contribution >= 4 is 29.7 Å². The monoisotopic (exact) mass is 503 g/mol. The van der Waals surface area contributed by atoms with Gasteiger partial charge in [-0.3, -0.25) is 14.8 Å². The number of aromatic nitrogens is 2. The molecular weight excluding hydrogens is 483 g/mol. The highest BCUT2D eigenvalue weighted by molar-refractivity contribution is 5.98. The minimum atomic E-state index is -5.08. The molecule has 0 aliphatic carbocycles. The molecule has 0 fully saturated rings. The Labute approximate surface area is 202 Å². The highest BCUT2D eigenvalue weighted by atomic mass is 19.4. The molecule has 4 rings (SSSR count). The molecule has 0 unspecified atom stereocenters. The molecule has 0 atom stereocenters. The molecule has 10 nitrogen and oxygen atoms in total. The molecule has 13 heteroatoms. The first-order valence-electron chi connectivity index (χ1n) is 10.3. The number of hydrogen-bond acceptors (Lipinski definition) is 6. The molecule has 0 saturated heterocycles. The first-order chi connectivity index (χ1) is 17.0. The summed E-state index contributed by atoms with van der Waals surface area (Å²) in [5, 5.41) is 25.0. The number of anilines is 1. The van der Waals surface area contributed by atoms with E-state index in [9.17, 15) is 22.8 Å². The van der Waals surface area contributed by atoms with Crippen LogP contribution < -0.4 is 10.3 Å². The number of nitrogens with zero attached hydrogens (tertiary/aromatic N) is 3. The summed E-state index contributed by atoms with van der Waals surface area (Å²) in [7, 11) is 1.77. The standard InChI is InChI=1S/C21H19N5O3.C2HF3O2/c1-26(16-4-2-13(3-5-16)21(28)29)24-12-15-10-14(6-8-22-15)19-11-17-18(25-19)7-9-23-20(17)27;3-2(4,5)1(6)7/h2-6,8,10-12,25H,7,9H2,1H3,(H,23,27)(H,28,29);(H,6,7)/b24-12+;. The van der Waals surface area contributed by atoms with Crippen molar-refractivity contribution in [1.29, 1.82) is 0 Å². The van der Waals surface area contributed by atoms with Crippen LogP contribution in [0.1, 0.15) is 32.1 Å². The first-order valence-corrected chi connectivity index (χ1v) is 10.3. The molecule has 36 heavy (non-hydrogen) atoms. The number of carboxylic acid groups (broad SMARTS) is 2. The third-order valence-corrected chi connectivity index (χ3v) is 4.99. The van der Waals surface area contributed by atoms with Crippen LogP contribution in [0.2, 0.25) is 0 Å². The predicted octanol–water partition coefficient (Wildman–Crippen LogP) is 3.16. The molecule has 3 aromatic rings. The van der Waals surface area contributed by atoms with Gasteiger partial charge in [0.1, 0.15) is 0 Å². The van der Waals surface area contributed by atoms with E-state index in [4.69, 9.17) is 15.0 Å². The number of benzene rings is 1. The zero-order valence-corrected chi connectivity index (χ0v) is 18.7. The van der Waals surface area contributed by atoms with Crippen molar-refractivity contribution < 1.29 is 37.8 Å². The number of aromatic amines is 1. The van der Waals surface area contributed by atoms with E-state index >= 15 is 0 Å². The molecule has 1 aromatic carbocycles. The van der Waals surface area contributed by atoms with Crippen molar-refractivity contribution in [3.63, 3.8) is 0 Å². The Hall–Kier alpha value is -4.68. The summed E-state index contributed by atoms with van der Waals surface area (Å²) < 4.78 is 31.7. The lowest BCUT2D eigenvalue weighted by Crippen LogP contribution is -2.31. The van der Waals surface area contributed by atoms with Gasteiger partial charge in [0, 0.05) is 43.2 Å². The Morgan fingerprint density at radius 3 is 2.39 bits per heavy atom. The Morgan fingerprint density at radius 2 is 1.81 bits per heavy atom. The van der Waals surface area contributed by atoms with Crippen LogP contribution in [-0.2, 0) is 11.2 Å². The van der Waals surface area contributed by atoms with Gasteiger partial charge < -0.3 is 20.5 Å². The maximum atomic E-state index is 12.0. The smallest absolute Gasteiger partial charge is 0.478 e. The third kappa shape index (κ3) is 6.46. The van der Waals surface area contributed by atoms with E-state index in [1.54, 1.807) is 36.6 Å². The summed E-state index contributed by atoms with van der Waals surface area (Å²) >= 11 is 0. The molecule has 0 saturated carbocycles. The second-order valence-corrected chi connectivity index (χ2v) is 7.47. The largest absolute Gasteiger partial charge is 0.490 e. The lowest BCUT2D eigenvalue weighted by Gasteiger charge is -2.12. The Bertz CT molecular complexity index is 1300. The molecular formula is C23H20F3N5O5. The SMILES string of the molecule is CN(/N=C/c1cc(-c2cc3c([nH]2)CCNC3=O)ccn1)c1ccc(C(=O)O)cc1.O=C(O)C(F)(F)F. The minimum absolute atomic E-state index is 0.0554. The summed E-state index contributed by atoms with van der Waals surface area (Å²) in [4.78, 5) is 39.4. The first kappa shape index (κ1) is 25.9. The zero-order chi connectivity index (χ0) is 26.5. The molecule has 1 aliphatic heterocycles. The fourth-order valence-corrected chi connectivity index (χ4v) is 3.17. The maximum Gasteiger partial charge on any atom is 0.490 e. The Morgan fingerprint density at radius 1 is 1.14 bits per heavy atom. The van der Waals surface area contributed by atoms with Gasteiger partial charge in [-0.1, -0.05) is 0 Å². The van der Waals surface area contributed by atoms with E-state index < -0.39 is 18.1 Å². The van der Waals surface area contributed by atoms with Crippen LogP contribution in [0.3, 0.4) is 0 Å². The van der Waals surface area contributed by atoms with Crippen molar-refractivity contribution in [2.24, 2.45) is 5.10 Å². The average Bonchev–Trinajstić information content (AvgIpc) is 3.28. The number of halogens is 3. The number of nitrogens with one attached hydrogen (secondary N) is 2. The summed E-state index contributed by atoms with van der Waals surface area (Å²) in [6.07, 6.45) is -0.978.